The molecule has 0 amide bonds. The van der Waals surface area contributed by atoms with Gasteiger partial charge in [0, 0.05) is 11.3 Å². The Labute approximate surface area is 104 Å². The van der Waals surface area contributed by atoms with Crippen molar-refractivity contribution in [2.75, 3.05) is 12.8 Å². The number of nitrogens with one attached hydrogen (secondary N) is 1. The van der Waals surface area contributed by atoms with Gasteiger partial charge in [0.1, 0.15) is 0 Å². The van der Waals surface area contributed by atoms with E-state index in [1.165, 1.54) is 12.0 Å². The van der Waals surface area contributed by atoms with Crippen LogP contribution in [0.1, 0.15) is 38.3 Å². The summed E-state index contributed by atoms with van der Waals surface area (Å²) in [6.45, 7) is 5.63. The molecule has 0 spiro atoms. The van der Waals surface area contributed by atoms with Crippen molar-refractivity contribution in [3.8, 4) is 0 Å². The summed E-state index contributed by atoms with van der Waals surface area (Å²) in [5, 5.41) is 4.39. The van der Waals surface area contributed by atoms with Gasteiger partial charge in [-0.15, -0.1) is 0 Å². The normalized spacial score (nSPS) is 14.7. The highest BCUT2D eigenvalue weighted by molar-refractivity contribution is 7.99. The van der Waals surface area contributed by atoms with Gasteiger partial charge in [-0.1, -0.05) is 44.2 Å². The molecule has 0 aromatic heterocycles. The fourth-order valence-electron chi connectivity index (χ4n) is 1.76. The van der Waals surface area contributed by atoms with Crippen molar-refractivity contribution < 1.29 is 0 Å². The molecule has 0 aliphatic rings. The average Bonchev–Trinajstić information content (AvgIpc) is 2.35. The second-order valence-electron chi connectivity index (χ2n) is 4.16. The topological polar surface area (TPSA) is 12.0 Å². The molecule has 2 atom stereocenters. The summed E-state index contributed by atoms with van der Waals surface area (Å²) in [6.07, 6.45) is 4.57. The lowest BCUT2D eigenvalue weighted by atomic mass is 10.0. The molecule has 1 aromatic carbocycles. The van der Waals surface area contributed by atoms with Gasteiger partial charge in [0.15, 0.2) is 0 Å². The molecule has 0 bridgehead atoms. The highest BCUT2D eigenvalue weighted by atomic mass is 32.2. The molecule has 0 aliphatic heterocycles. The molecule has 0 radical (unpaired) electrons. The molecule has 1 aromatic rings. The lowest BCUT2D eigenvalue weighted by molar-refractivity contribution is 0.510. The lowest BCUT2D eigenvalue weighted by Gasteiger charge is -2.18. The predicted octanol–water partition coefficient (Wildman–Crippen LogP) is 3.87. The Morgan fingerprint density at radius 1 is 1.25 bits per heavy atom. The summed E-state index contributed by atoms with van der Waals surface area (Å²) >= 11 is 1.94. The van der Waals surface area contributed by atoms with Crippen LogP contribution in [0.2, 0.25) is 0 Å². The van der Waals surface area contributed by atoms with Crippen LogP contribution in [-0.4, -0.2) is 18.1 Å². The van der Waals surface area contributed by atoms with Crippen molar-refractivity contribution in [1.29, 1.82) is 0 Å². The van der Waals surface area contributed by atoms with Crippen LogP contribution in [0.4, 0.5) is 0 Å². The van der Waals surface area contributed by atoms with E-state index in [0.717, 1.165) is 18.2 Å². The molecule has 0 heterocycles. The summed E-state index contributed by atoms with van der Waals surface area (Å²) in [5.74, 6) is 0. The zero-order valence-corrected chi connectivity index (χ0v) is 11.4. The lowest BCUT2D eigenvalue weighted by Crippen LogP contribution is -2.23. The van der Waals surface area contributed by atoms with Gasteiger partial charge < -0.3 is 5.32 Å². The third-order valence-electron chi connectivity index (χ3n) is 2.95. The summed E-state index contributed by atoms with van der Waals surface area (Å²) in [6, 6.07) is 11.2. The first-order chi connectivity index (χ1) is 7.77. The Morgan fingerprint density at radius 2 is 1.94 bits per heavy atom. The first-order valence-corrected chi connectivity index (χ1v) is 7.37. The maximum Gasteiger partial charge on any atom is 0.0317 e. The highest BCUT2D eigenvalue weighted by Gasteiger charge is 2.08. The molecule has 0 saturated heterocycles. The quantitative estimate of drug-likeness (QED) is 0.772. The van der Waals surface area contributed by atoms with Crippen molar-refractivity contribution in [1.82, 2.24) is 5.32 Å². The largest absolute Gasteiger partial charge is 0.310 e. The van der Waals surface area contributed by atoms with Crippen LogP contribution in [0.15, 0.2) is 30.3 Å². The Morgan fingerprint density at radius 3 is 2.50 bits per heavy atom. The molecule has 1 rings (SSSR count). The van der Waals surface area contributed by atoms with Crippen molar-refractivity contribution in [3.63, 3.8) is 0 Å². The average molecular weight is 237 g/mol. The minimum atomic E-state index is 0.509. The van der Waals surface area contributed by atoms with Crippen molar-refractivity contribution in [2.24, 2.45) is 0 Å². The van der Waals surface area contributed by atoms with E-state index in [1.807, 2.05) is 11.8 Å². The molecule has 2 heteroatoms. The van der Waals surface area contributed by atoms with Crippen molar-refractivity contribution in [2.45, 2.75) is 38.0 Å². The molecule has 0 fully saturated rings. The number of hydrogen-bond acceptors (Lipinski definition) is 2. The first-order valence-electron chi connectivity index (χ1n) is 6.09. The first kappa shape index (κ1) is 13.6. The molecule has 1 nitrogen and oxygen atoms in total. The third kappa shape index (κ3) is 4.58. The number of thioether (sulfide) groups is 1. The van der Waals surface area contributed by atoms with Gasteiger partial charge in [0.25, 0.3) is 0 Å². The van der Waals surface area contributed by atoms with Crippen molar-refractivity contribution >= 4 is 11.8 Å². The monoisotopic (exact) mass is 237 g/mol. The van der Waals surface area contributed by atoms with Crippen LogP contribution < -0.4 is 5.32 Å². The number of rotatable bonds is 7. The minimum absolute atomic E-state index is 0.509. The van der Waals surface area contributed by atoms with Gasteiger partial charge in [-0.05, 0) is 31.2 Å². The van der Waals surface area contributed by atoms with Gasteiger partial charge >= 0.3 is 0 Å². The molecule has 0 saturated carbocycles. The van der Waals surface area contributed by atoms with Crippen LogP contribution in [0, 0.1) is 0 Å². The van der Waals surface area contributed by atoms with Gasteiger partial charge in [0.05, 0.1) is 0 Å². The van der Waals surface area contributed by atoms with Crippen LogP contribution in [0.3, 0.4) is 0 Å². The maximum absolute atomic E-state index is 3.64. The molecular weight excluding hydrogens is 214 g/mol. The Bertz CT molecular complexity index is 273. The fraction of sp³-hybridized carbons (Fsp3) is 0.571. The third-order valence-corrected chi connectivity index (χ3v) is 3.99. The van der Waals surface area contributed by atoms with Crippen LogP contribution in [0.25, 0.3) is 0 Å². The molecular formula is C14H23NS. The fourth-order valence-corrected chi connectivity index (χ4v) is 2.12. The van der Waals surface area contributed by atoms with E-state index in [9.17, 15) is 0 Å². The molecule has 0 aliphatic carbocycles. The van der Waals surface area contributed by atoms with E-state index in [-0.39, 0.29) is 0 Å². The second-order valence-corrected chi connectivity index (χ2v) is 5.44. The van der Waals surface area contributed by atoms with Gasteiger partial charge in [0.2, 0.25) is 0 Å². The van der Waals surface area contributed by atoms with Gasteiger partial charge in [-0.2, -0.15) is 11.8 Å². The Balaban J connectivity index is 2.38. The second kappa shape index (κ2) is 7.75. The molecule has 2 unspecified atom stereocenters. The standard InChI is InChI=1S/C14H23NS/c1-4-14(13-8-6-5-7-9-13)15-11-10-12(2)16-3/h5-9,12,14-15H,4,10-11H2,1-3H3. The smallest absolute Gasteiger partial charge is 0.0317 e. The molecule has 16 heavy (non-hydrogen) atoms. The number of benzene rings is 1. The van der Waals surface area contributed by atoms with E-state index in [4.69, 9.17) is 0 Å². The predicted molar refractivity (Wildman–Crippen MR) is 75.1 cm³/mol. The van der Waals surface area contributed by atoms with E-state index in [2.05, 4.69) is 55.8 Å². The zero-order valence-electron chi connectivity index (χ0n) is 10.6. The van der Waals surface area contributed by atoms with E-state index >= 15 is 0 Å². The maximum atomic E-state index is 3.64. The van der Waals surface area contributed by atoms with Crippen molar-refractivity contribution in [3.05, 3.63) is 35.9 Å². The molecule has 90 valence electrons. The van der Waals surface area contributed by atoms with Crippen LogP contribution in [0.5, 0.6) is 0 Å². The minimum Gasteiger partial charge on any atom is -0.310 e. The van der Waals surface area contributed by atoms with Crippen LogP contribution in [-0.2, 0) is 0 Å². The summed E-state index contributed by atoms with van der Waals surface area (Å²) in [5.41, 5.74) is 1.40. The Kier molecular flexibility index (Phi) is 6.58. The van der Waals surface area contributed by atoms with E-state index in [1.54, 1.807) is 0 Å². The highest BCUT2D eigenvalue weighted by Crippen LogP contribution is 2.16. The number of hydrogen-bond donors (Lipinski definition) is 1. The summed E-state index contributed by atoms with van der Waals surface area (Å²) in [4.78, 5) is 0. The summed E-state index contributed by atoms with van der Waals surface area (Å²) in [7, 11) is 0. The van der Waals surface area contributed by atoms with E-state index < -0.39 is 0 Å². The summed E-state index contributed by atoms with van der Waals surface area (Å²) < 4.78 is 0. The van der Waals surface area contributed by atoms with Gasteiger partial charge in [-0.25, -0.2) is 0 Å². The molecule has 1 N–H and O–H groups in total. The van der Waals surface area contributed by atoms with Gasteiger partial charge in [-0.3, -0.25) is 0 Å². The Hall–Kier alpha value is -0.470. The van der Waals surface area contributed by atoms with Crippen LogP contribution >= 0.6 is 11.8 Å². The SMILES string of the molecule is CCC(NCCC(C)SC)c1ccccc1. The van der Waals surface area contributed by atoms with E-state index in [0.29, 0.717) is 6.04 Å². The zero-order chi connectivity index (χ0) is 11.8.